The maximum Gasteiger partial charge on any atom is 0.254 e. The molecule has 1 heterocycles. The highest BCUT2D eigenvalue weighted by molar-refractivity contribution is 6.30. The topological polar surface area (TPSA) is 32.3 Å². The lowest BCUT2D eigenvalue weighted by molar-refractivity contribution is 0.0903. The van der Waals surface area contributed by atoms with Crippen molar-refractivity contribution < 1.29 is 9.18 Å². The summed E-state index contributed by atoms with van der Waals surface area (Å²) >= 11 is 5.69. The number of nitrogens with one attached hydrogen (secondary N) is 1. The van der Waals surface area contributed by atoms with E-state index in [9.17, 15) is 9.18 Å². The maximum atomic E-state index is 13.7. The van der Waals surface area contributed by atoms with Gasteiger partial charge >= 0.3 is 0 Å². The largest absolute Gasteiger partial charge is 0.349 e. The fraction of sp³-hybridized carbons (Fsp3) is 0.562. The Kier molecular flexibility index (Phi) is 5.59. The van der Waals surface area contributed by atoms with E-state index < -0.39 is 5.82 Å². The molecule has 0 unspecified atom stereocenters. The molecule has 0 spiro atoms. The van der Waals surface area contributed by atoms with Crippen molar-refractivity contribution in [3.63, 3.8) is 0 Å². The molecule has 116 valence electrons. The van der Waals surface area contributed by atoms with Crippen molar-refractivity contribution in [2.75, 3.05) is 19.6 Å². The van der Waals surface area contributed by atoms with E-state index in [0.717, 1.165) is 32.5 Å². The Balaban J connectivity index is 1.87. The van der Waals surface area contributed by atoms with Crippen LogP contribution >= 0.6 is 11.6 Å². The second kappa shape index (κ2) is 7.23. The van der Waals surface area contributed by atoms with Gasteiger partial charge in [-0.15, -0.1) is 0 Å². The number of rotatable bonds is 4. The molecule has 0 aliphatic carbocycles. The van der Waals surface area contributed by atoms with Gasteiger partial charge in [0.1, 0.15) is 5.82 Å². The molecule has 1 amide bonds. The van der Waals surface area contributed by atoms with E-state index >= 15 is 0 Å². The smallest absolute Gasteiger partial charge is 0.254 e. The first-order valence-corrected chi connectivity index (χ1v) is 7.81. The highest BCUT2D eigenvalue weighted by Crippen LogP contribution is 2.16. The summed E-state index contributed by atoms with van der Waals surface area (Å²) in [5.74, 6) is -0.275. The maximum absolute atomic E-state index is 13.7. The first kappa shape index (κ1) is 16.2. The highest BCUT2D eigenvalue weighted by atomic mass is 35.5. The van der Waals surface area contributed by atoms with Gasteiger partial charge in [-0.3, -0.25) is 4.79 Å². The standard InChI is InChI=1S/C16H22ClFN2O/c1-11(2)10-20-7-5-13(6-8-20)19-16(21)14-4-3-12(17)9-15(14)18/h3-4,9,11,13H,5-8,10H2,1-2H3,(H,19,21). The van der Waals surface area contributed by atoms with Crippen LogP contribution in [0, 0.1) is 11.7 Å². The SMILES string of the molecule is CC(C)CN1CCC(NC(=O)c2ccc(Cl)cc2F)CC1. The summed E-state index contributed by atoms with van der Waals surface area (Å²) in [6.07, 6.45) is 1.82. The third-order valence-corrected chi connectivity index (χ3v) is 3.96. The molecular formula is C16H22ClFN2O. The molecule has 1 aromatic rings. The molecule has 0 bridgehead atoms. The minimum absolute atomic E-state index is 0.0593. The van der Waals surface area contributed by atoms with Gasteiger partial charge < -0.3 is 10.2 Å². The first-order valence-electron chi connectivity index (χ1n) is 7.44. The number of carbonyl (C=O) groups excluding carboxylic acids is 1. The highest BCUT2D eigenvalue weighted by Gasteiger charge is 2.22. The van der Waals surface area contributed by atoms with Crippen molar-refractivity contribution in [1.82, 2.24) is 10.2 Å². The molecule has 1 N–H and O–H groups in total. The Hall–Kier alpha value is -1.13. The summed E-state index contributed by atoms with van der Waals surface area (Å²) in [7, 11) is 0. The normalized spacial score (nSPS) is 17.2. The molecular weight excluding hydrogens is 291 g/mol. The van der Waals surface area contributed by atoms with Crippen LogP contribution < -0.4 is 5.32 Å². The summed E-state index contributed by atoms with van der Waals surface area (Å²) in [6.45, 7) is 7.46. The Labute approximate surface area is 130 Å². The van der Waals surface area contributed by atoms with Crippen LogP contribution in [0.15, 0.2) is 18.2 Å². The fourth-order valence-electron chi connectivity index (χ4n) is 2.71. The Morgan fingerprint density at radius 3 is 2.67 bits per heavy atom. The molecule has 0 radical (unpaired) electrons. The zero-order valence-electron chi connectivity index (χ0n) is 12.5. The number of benzene rings is 1. The lowest BCUT2D eigenvalue weighted by atomic mass is 10.0. The van der Waals surface area contributed by atoms with Crippen molar-refractivity contribution in [3.05, 3.63) is 34.6 Å². The van der Waals surface area contributed by atoms with Crippen LogP contribution in [0.4, 0.5) is 4.39 Å². The van der Waals surface area contributed by atoms with E-state index in [0.29, 0.717) is 10.9 Å². The molecule has 0 saturated carbocycles. The van der Waals surface area contributed by atoms with Crippen molar-refractivity contribution in [3.8, 4) is 0 Å². The minimum atomic E-state index is -0.572. The van der Waals surface area contributed by atoms with Gasteiger partial charge in [-0.25, -0.2) is 4.39 Å². The average molecular weight is 313 g/mol. The van der Waals surface area contributed by atoms with Crippen molar-refractivity contribution in [1.29, 1.82) is 0 Å². The zero-order valence-corrected chi connectivity index (χ0v) is 13.3. The molecule has 2 rings (SSSR count). The molecule has 0 aromatic heterocycles. The Morgan fingerprint density at radius 2 is 2.10 bits per heavy atom. The van der Waals surface area contributed by atoms with Gasteiger partial charge in [0.25, 0.3) is 5.91 Å². The molecule has 3 nitrogen and oxygen atoms in total. The number of likely N-dealkylation sites (tertiary alicyclic amines) is 1. The lowest BCUT2D eigenvalue weighted by Crippen LogP contribution is -2.45. The number of hydrogen-bond donors (Lipinski definition) is 1. The second-order valence-electron chi connectivity index (χ2n) is 6.07. The summed E-state index contributed by atoms with van der Waals surface area (Å²) in [5, 5.41) is 3.22. The summed E-state index contributed by atoms with van der Waals surface area (Å²) < 4.78 is 13.7. The first-order chi connectivity index (χ1) is 9.95. The van der Waals surface area contributed by atoms with Gasteiger partial charge in [0, 0.05) is 30.7 Å². The summed E-state index contributed by atoms with van der Waals surface area (Å²) in [5.41, 5.74) is 0.0593. The van der Waals surface area contributed by atoms with Crippen molar-refractivity contribution >= 4 is 17.5 Å². The molecule has 0 atom stereocenters. The van der Waals surface area contributed by atoms with E-state index in [1.165, 1.54) is 18.2 Å². The van der Waals surface area contributed by atoms with E-state index in [1.807, 2.05) is 0 Å². The third-order valence-electron chi connectivity index (χ3n) is 3.72. The molecule has 1 aromatic carbocycles. The molecule has 1 aliphatic rings. The monoisotopic (exact) mass is 312 g/mol. The lowest BCUT2D eigenvalue weighted by Gasteiger charge is -2.33. The van der Waals surface area contributed by atoms with E-state index in [2.05, 4.69) is 24.1 Å². The molecule has 1 fully saturated rings. The number of halogens is 2. The van der Waals surface area contributed by atoms with Gasteiger partial charge in [-0.05, 0) is 37.0 Å². The van der Waals surface area contributed by atoms with Crippen LogP contribution in [-0.4, -0.2) is 36.5 Å². The molecule has 21 heavy (non-hydrogen) atoms. The molecule has 5 heteroatoms. The second-order valence-corrected chi connectivity index (χ2v) is 6.50. The van der Waals surface area contributed by atoms with Gasteiger partial charge in [0.05, 0.1) is 5.56 Å². The van der Waals surface area contributed by atoms with Crippen molar-refractivity contribution in [2.24, 2.45) is 5.92 Å². The average Bonchev–Trinajstić information content (AvgIpc) is 2.40. The van der Waals surface area contributed by atoms with Gasteiger partial charge in [-0.1, -0.05) is 25.4 Å². The number of amides is 1. The van der Waals surface area contributed by atoms with Crippen LogP contribution in [-0.2, 0) is 0 Å². The predicted octanol–water partition coefficient (Wildman–Crippen LogP) is 3.33. The zero-order chi connectivity index (χ0) is 15.4. The van der Waals surface area contributed by atoms with Crippen LogP contribution in [0.2, 0.25) is 5.02 Å². The number of hydrogen-bond acceptors (Lipinski definition) is 2. The number of nitrogens with zero attached hydrogens (tertiary/aromatic N) is 1. The predicted molar refractivity (Wildman–Crippen MR) is 83.2 cm³/mol. The molecule has 1 aliphatic heterocycles. The minimum Gasteiger partial charge on any atom is -0.349 e. The van der Waals surface area contributed by atoms with E-state index in [4.69, 9.17) is 11.6 Å². The number of carbonyl (C=O) groups is 1. The van der Waals surface area contributed by atoms with E-state index in [1.54, 1.807) is 0 Å². The quantitative estimate of drug-likeness (QED) is 0.925. The Morgan fingerprint density at radius 1 is 1.43 bits per heavy atom. The van der Waals surface area contributed by atoms with E-state index in [-0.39, 0.29) is 17.5 Å². The van der Waals surface area contributed by atoms with Gasteiger partial charge in [0.15, 0.2) is 0 Å². The van der Waals surface area contributed by atoms with Crippen LogP contribution in [0.5, 0.6) is 0 Å². The Bertz CT molecular complexity index is 499. The fourth-order valence-corrected chi connectivity index (χ4v) is 2.87. The van der Waals surface area contributed by atoms with Crippen molar-refractivity contribution in [2.45, 2.75) is 32.7 Å². The van der Waals surface area contributed by atoms with Crippen LogP contribution in [0.1, 0.15) is 37.0 Å². The third kappa shape index (κ3) is 4.68. The number of piperidine rings is 1. The van der Waals surface area contributed by atoms with Gasteiger partial charge in [-0.2, -0.15) is 0 Å². The van der Waals surface area contributed by atoms with Crippen LogP contribution in [0.25, 0.3) is 0 Å². The summed E-state index contributed by atoms with van der Waals surface area (Å²) in [4.78, 5) is 14.5. The summed E-state index contributed by atoms with van der Waals surface area (Å²) in [6, 6.07) is 4.25. The van der Waals surface area contributed by atoms with Crippen LogP contribution in [0.3, 0.4) is 0 Å². The van der Waals surface area contributed by atoms with Gasteiger partial charge in [0.2, 0.25) is 0 Å². The molecule has 1 saturated heterocycles.